The van der Waals surface area contributed by atoms with Gasteiger partial charge in [0, 0.05) is 12.1 Å². The monoisotopic (exact) mass is 318 g/mol. The molecule has 0 unspecified atom stereocenters. The molecule has 24 heavy (non-hydrogen) atoms. The zero-order chi connectivity index (χ0) is 16.4. The third kappa shape index (κ3) is 2.84. The number of aromatic nitrogens is 3. The van der Waals surface area contributed by atoms with E-state index in [1.807, 2.05) is 30.3 Å². The van der Waals surface area contributed by atoms with Crippen LogP contribution in [0.25, 0.3) is 16.9 Å². The molecule has 0 aliphatic heterocycles. The fourth-order valence-electron chi connectivity index (χ4n) is 2.57. The van der Waals surface area contributed by atoms with Gasteiger partial charge >= 0.3 is 0 Å². The van der Waals surface area contributed by atoms with Crippen LogP contribution in [0.2, 0.25) is 0 Å². The van der Waals surface area contributed by atoms with Crippen LogP contribution in [-0.4, -0.2) is 14.6 Å². The normalized spacial score (nSPS) is 10.9. The number of rotatable bonds is 4. The van der Waals surface area contributed by atoms with Crippen molar-refractivity contribution in [3.63, 3.8) is 0 Å². The third-order valence-corrected chi connectivity index (χ3v) is 3.82. The van der Waals surface area contributed by atoms with E-state index in [0.29, 0.717) is 6.54 Å². The highest BCUT2D eigenvalue weighted by Gasteiger charge is 2.08. The summed E-state index contributed by atoms with van der Waals surface area (Å²) < 4.78 is 14.9. The number of nitrogens with zero attached hydrogens (tertiary/aromatic N) is 3. The number of hydrogen-bond donors (Lipinski definition) is 1. The number of halogens is 1. The first-order valence-electron chi connectivity index (χ1n) is 7.68. The van der Waals surface area contributed by atoms with Crippen LogP contribution in [0.4, 0.5) is 10.2 Å². The summed E-state index contributed by atoms with van der Waals surface area (Å²) in [6.45, 7) is 0.694. The van der Waals surface area contributed by atoms with E-state index >= 15 is 0 Å². The Bertz CT molecular complexity index is 962. The minimum atomic E-state index is -0.259. The van der Waals surface area contributed by atoms with Gasteiger partial charge in [0.25, 0.3) is 0 Å². The maximum atomic E-state index is 13.1. The van der Waals surface area contributed by atoms with Gasteiger partial charge in [0.05, 0.1) is 11.9 Å². The van der Waals surface area contributed by atoms with Crippen LogP contribution >= 0.6 is 0 Å². The average Bonchev–Trinajstić information content (AvgIpc) is 3.05. The standard InChI is InChI=1S/C19H15FN4/c20-16-8-6-15(7-9-16)17-13-22-19-11-10-18(23-24(17)19)21-12-14-4-2-1-3-5-14/h1-11,13H,12H2,(H,21,23). The van der Waals surface area contributed by atoms with E-state index in [1.54, 1.807) is 22.8 Å². The Kier molecular flexibility index (Phi) is 3.67. The smallest absolute Gasteiger partial charge is 0.154 e. The predicted octanol–water partition coefficient (Wildman–Crippen LogP) is 4.15. The van der Waals surface area contributed by atoms with Crippen LogP contribution in [-0.2, 0) is 6.54 Å². The molecule has 118 valence electrons. The lowest BCUT2D eigenvalue weighted by Crippen LogP contribution is -2.04. The summed E-state index contributed by atoms with van der Waals surface area (Å²) in [6.07, 6.45) is 1.75. The quantitative estimate of drug-likeness (QED) is 0.615. The average molecular weight is 318 g/mol. The van der Waals surface area contributed by atoms with Crippen LogP contribution in [0, 0.1) is 5.82 Å². The first kappa shape index (κ1) is 14.4. The van der Waals surface area contributed by atoms with Gasteiger partial charge in [-0.1, -0.05) is 30.3 Å². The van der Waals surface area contributed by atoms with Crippen molar-refractivity contribution < 1.29 is 4.39 Å². The highest BCUT2D eigenvalue weighted by molar-refractivity contribution is 5.63. The van der Waals surface area contributed by atoms with Gasteiger partial charge in [-0.2, -0.15) is 0 Å². The molecule has 4 nitrogen and oxygen atoms in total. The molecule has 2 aromatic heterocycles. The Morgan fingerprint density at radius 1 is 0.917 bits per heavy atom. The SMILES string of the molecule is Fc1ccc(-c2cnc3ccc(NCc4ccccc4)nn23)cc1. The highest BCUT2D eigenvalue weighted by atomic mass is 19.1. The van der Waals surface area contributed by atoms with E-state index in [1.165, 1.54) is 17.7 Å². The van der Waals surface area contributed by atoms with Crippen LogP contribution in [0.15, 0.2) is 72.9 Å². The van der Waals surface area contributed by atoms with Crippen LogP contribution < -0.4 is 5.32 Å². The zero-order valence-corrected chi connectivity index (χ0v) is 12.9. The fraction of sp³-hybridized carbons (Fsp3) is 0.0526. The molecule has 0 saturated carbocycles. The van der Waals surface area contributed by atoms with Crippen molar-refractivity contribution in [2.24, 2.45) is 0 Å². The summed E-state index contributed by atoms with van der Waals surface area (Å²) in [5.74, 6) is 0.499. The van der Waals surface area contributed by atoms with E-state index in [2.05, 4.69) is 27.5 Å². The van der Waals surface area contributed by atoms with Crippen LogP contribution in [0.5, 0.6) is 0 Å². The molecule has 2 heterocycles. The lowest BCUT2D eigenvalue weighted by molar-refractivity contribution is 0.628. The summed E-state index contributed by atoms with van der Waals surface area (Å²) >= 11 is 0. The van der Waals surface area contributed by atoms with Gasteiger partial charge in [0.2, 0.25) is 0 Å². The molecule has 0 saturated heterocycles. The minimum Gasteiger partial charge on any atom is -0.365 e. The first-order chi connectivity index (χ1) is 11.8. The van der Waals surface area contributed by atoms with Gasteiger partial charge in [-0.05, 0) is 42.0 Å². The molecule has 0 fully saturated rings. The lowest BCUT2D eigenvalue weighted by Gasteiger charge is -2.07. The van der Waals surface area contributed by atoms with E-state index in [9.17, 15) is 4.39 Å². The molecule has 0 radical (unpaired) electrons. The van der Waals surface area contributed by atoms with E-state index in [4.69, 9.17) is 0 Å². The van der Waals surface area contributed by atoms with Crippen molar-refractivity contribution in [2.75, 3.05) is 5.32 Å². The molecule has 0 spiro atoms. The number of benzene rings is 2. The number of fused-ring (bicyclic) bond motifs is 1. The molecule has 1 N–H and O–H groups in total. The Morgan fingerprint density at radius 3 is 2.50 bits per heavy atom. The van der Waals surface area contributed by atoms with Crippen molar-refractivity contribution in [1.82, 2.24) is 14.6 Å². The third-order valence-electron chi connectivity index (χ3n) is 3.82. The molecule has 0 aliphatic carbocycles. The molecule has 0 atom stereocenters. The van der Waals surface area contributed by atoms with Crippen LogP contribution in [0.1, 0.15) is 5.56 Å². The van der Waals surface area contributed by atoms with Crippen molar-refractivity contribution in [1.29, 1.82) is 0 Å². The Morgan fingerprint density at radius 2 is 1.71 bits per heavy atom. The summed E-state index contributed by atoms with van der Waals surface area (Å²) in [6, 6.07) is 20.3. The molecular formula is C19H15FN4. The van der Waals surface area contributed by atoms with Crippen molar-refractivity contribution >= 4 is 11.5 Å². The number of imidazole rings is 1. The Hall–Kier alpha value is -3.21. The lowest BCUT2D eigenvalue weighted by atomic mass is 10.2. The highest BCUT2D eigenvalue weighted by Crippen LogP contribution is 2.21. The molecule has 0 bridgehead atoms. The van der Waals surface area contributed by atoms with Crippen LogP contribution in [0.3, 0.4) is 0 Å². The fourth-order valence-corrected chi connectivity index (χ4v) is 2.57. The van der Waals surface area contributed by atoms with Crippen molar-refractivity contribution in [3.8, 4) is 11.3 Å². The summed E-state index contributed by atoms with van der Waals surface area (Å²) in [5, 5.41) is 7.91. The van der Waals surface area contributed by atoms with E-state index < -0.39 is 0 Å². The second-order valence-corrected chi connectivity index (χ2v) is 5.48. The second-order valence-electron chi connectivity index (χ2n) is 5.48. The predicted molar refractivity (Wildman–Crippen MR) is 92.1 cm³/mol. The number of nitrogens with one attached hydrogen (secondary N) is 1. The molecular weight excluding hydrogens is 303 g/mol. The topological polar surface area (TPSA) is 42.2 Å². The molecule has 4 rings (SSSR count). The van der Waals surface area contributed by atoms with Gasteiger partial charge < -0.3 is 5.32 Å². The second kappa shape index (κ2) is 6.12. The first-order valence-corrected chi connectivity index (χ1v) is 7.68. The van der Waals surface area contributed by atoms with Crippen molar-refractivity contribution in [2.45, 2.75) is 6.54 Å². The van der Waals surface area contributed by atoms with Gasteiger partial charge in [-0.3, -0.25) is 0 Å². The summed E-state index contributed by atoms with van der Waals surface area (Å²) in [4.78, 5) is 4.36. The zero-order valence-electron chi connectivity index (χ0n) is 12.9. The number of anilines is 1. The molecule has 2 aromatic carbocycles. The van der Waals surface area contributed by atoms with E-state index in [-0.39, 0.29) is 5.82 Å². The molecule has 0 aliphatic rings. The summed E-state index contributed by atoms with van der Waals surface area (Å²) in [7, 11) is 0. The van der Waals surface area contributed by atoms with E-state index in [0.717, 1.165) is 22.7 Å². The van der Waals surface area contributed by atoms with Gasteiger partial charge in [0.1, 0.15) is 11.6 Å². The molecule has 4 aromatic rings. The Balaban J connectivity index is 1.64. The maximum absolute atomic E-state index is 13.1. The van der Waals surface area contributed by atoms with Gasteiger partial charge in [-0.25, -0.2) is 13.9 Å². The molecule has 0 amide bonds. The van der Waals surface area contributed by atoms with Gasteiger partial charge in [-0.15, -0.1) is 5.10 Å². The minimum absolute atomic E-state index is 0.259. The largest absolute Gasteiger partial charge is 0.365 e. The molecule has 5 heteroatoms. The van der Waals surface area contributed by atoms with Gasteiger partial charge in [0.15, 0.2) is 5.65 Å². The summed E-state index contributed by atoms with van der Waals surface area (Å²) in [5.41, 5.74) is 3.63. The Labute approximate surface area is 138 Å². The maximum Gasteiger partial charge on any atom is 0.154 e. The number of hydrogen-bond acceptors (Lipinski definition) is 3. The van der Waals surface area contributed by atoms with Crippen molar-refractivity contribution in [3.05, 3.63) is 84.3 Å².